The number of alkyl halides is 3. The van der Waals surface area contributed by atoms with Gasteiger partial charge >= 0.3 is 6.18 Å². The molecule has 0 saturated carbocycles. The minimum atomic E-state index is -4.86. The number of carbonyl (C=O) groups is 1. The number of halogens is 5. The average Bonchev–Trinajstić information content (AvgIpc) is 2.70. The van der Waals surface area contributed by atoms with Gasteiger partial charge in [-0.05, 0) is 17.7 Å². The third kappa shape index (κ3) is 5.16. The molecule has 3 aromatic rings. The van der Waals surface area contributed by atoms with E-state index in [-0.39, 0.29) is 28.2 Å². The maximum absolute atomic E-state index is 13.5. The monoisotopic (exact) mass is 440 g/mol. The van der Waals surface area contributed by atoms with Crippen molar-refractivity contribution in [3.05, 3.63) is 81.6 Å². The fourth-order valence-electron chi connectivity index (χ4n) is 2.42. The van der Waals surface area contributed by atoms with Gasteiger partial charge in [0.25, 0.3) is 5.91 Å². The van der Waals surface area contributed by atoms with Gasteiger partial charge in [-0.2, -0.15) is 13.2 Å². The van der Waals surface area contributed by atoms with Crippen molar-refractivity contribution in [2.75, 3.05) is 5.32 Å². The van der Waals surface area contributed by atoms with E-state index in [0.717, 1.165) is 11.8 Å². The summed E-state index contributed by atoms with van der Waals surface area (Å²) >= 11 is 11.9. The number of amides is 1. The lowest BCUT2D eigenvalue weighted by Gasteiger charge is -2.14. The fourth-order valence-corrected chi connectivity index (χ4v) is 2.77. The third-order valence-corrected chi connectivity index (χ3v) is 4.61. The maximum Gasteiger partial charge on any atom is 0.434 e. The Bertz CT molecular complexity index is 1030. The Labute approximate surface area is 173 Å². The van der Waals surface area contributed by atoms with Crippen LogP contribution in [0.1, 0.15) is 21.6 Å². The van der Waals surface area contributed by atoms with Crippen molar-refractivity contribution in [3.8, 4) is 0 Å². The molecule has 10 heteroatoms. The lowest BCUT2D eigenvalue weighted by Crippen LogP contribution is -2.27. The van der Waals surface area contributed by atoms with E-state index in [9.17, 15) is 18.0 Å². The molecule has 0 unspecified atom stereocenters. The number of benzene rings is 2. The first kappa shape index (κ1) is 20.9. The van der Waals surface area contributed by atoms with Crippen LogP contribution in [-0.2, 0) is 12.7 Å². The molecular formula is C19H13Cl2F3N4O. The van der Waals surface area contributed by atoms with Gasteiger partial charge in [-0.15, -0.1) is 0 Å². The van der Waals surface area contributed by atoms with Crippen LogP contribution in [0.25, 0.3) is 0 Å². The molecule has 2 N–H and O–H groups in total. The first-order chi connectivity index (χ1) is 13.8. The molecule has 0 radical (unpaired) electrons. The Kier molecular flexibility index (Phi) is 6.24. The number of nitrogens with zero attached hydrogens (tertiary/aromatic N) is 2. The smallest absolute Gasteiger partial charge is 0.348 e. The van der Waals surface area contributed by atoms with E-state index in [1.807, 2.05) is 0 Å². The summed E-state index contributed by atoms with van der Waals surface area (Å²) in [5.41, 5.74) is -1.08. The number of carbonyl (C=O) groups excluding carboxylic acids is 1. The summed E-state index contributed by atoms with van der Waals surface area (Å²) in [7, 11) is 0. The van der Waals surface area contributed by atoms with Gasteiger partial charge in [-0.3, -0.25) is 4.79 Å². The second-order valence-electron chi connectivity index (χ2n) is 5.85. The van der Waals surface area contributed by atoms with Crippen molar-refractivity contribution in [2.45, 2.75) is 12.7 Å². The van der Waals surface area contributed by atoms with E-state index in [4.69, 9.17) is 23.2 Å². The van der Waals surface area contributed by atoms with Crippen molar-refractivity contribution in [2.24, 2.45) is 0 Å². The molecule has 0 saturated heterocycles. The minimum absolute atomic E-state index is 0.0646. The molecule has 1 amide bonds. The largest absolute Gasteiger partial charge is 0.434 e. The number of nitrogens with one attached hydrogen (secondary N) is 2. The van der Waals surface area contributed by atoms with E-state index >= 15 is 0 Å². The number of hydrogen-bond donors (Lipinski definition) is 2. The average molecular weight is 441 g/mol. The second-order valence-corrected chi connectivity index (χ2v) is 6.63. The van der Waals surface area contributed by atoms with Gasteiger partial charge in [0.15, 0.2) is 5.69 Å². The SMILES string of the molecule is O=C(NCc1ccccc1)c1cnc(Nc2cccc(Cl)c2Cl)nc1C(F)(F)F. The molecule has 150 valence electrons. The minimum Gasteiger partial charge on any atom is -0.348 e. The van der Waals surface area contributed by atoms with Crippen LogP contribution in [0.4, 0.5) is 24.8 Å². The van der Waals surface area contributed by atoms with E-state index in [1.54, 1.807) is 36.4 Å². The second kappa shape index (κ2) is 8.67. The van der Waals surface area contributed by atoms with Crippen LogP contribution in [-0.4, -0.2) is 15.9 Å². The maximum atomic E-state index is 13.5. The van der Waals surface area contributed by atoms with E-state index in [1.165, 1.54) is 12.1 Å². The molecule has 5 nitrogen and oxygen atoms in total. The predicted octanol–water partition coefficient (Wildman–Crippen LogP) is 5.48. The highest BCUT2D eigenvalue weighted by atomic mass is 35.5. The van der Waals surface area contributed by atoms with Crippen molar-refractivity contribution in [1.29, 1.82) is 0 Å². The lowest BCUT2D eigenvalue weighted by molar-refractivity contribution is -0.141. The molecule has 0 fully saturated rings. The van der Waals surface area contributed by atoms with E-state index in [0.29, 0.717) is 0 Å². The summed E-state index contributed by atoms with van der Waals surface area (Å²) in [6, 6.07) is 13.4. The van der Waals surface area contributed by atoms with Crippen LogP contribution in [0.2, 0.25) is 10.0 Å². The molecular weight excluding hydrogens is 428 g/mol. The van der Waals surface area contributed by atoms with Gasteiger partial charge in [-0.25, -0.2) is 9.97 Å². The number of aromatic nitrogens is 2. The molecule has 3 rings (SSSR count). The molecule has 0 aliphatic heterocycles. The Hall–Kier alpha value is -2.84. The standard InChI is InChI=1S/C19H13Cl2F3N4O/c20-13-7-4-8-14(15(13)21)27-18-26-10-12(16(28-18)19(22,23)24)17(29)25-9-11-5-2-1-3-6-11/h1-8,10H,9H2,(H,25,29)(H,26,27,28). The van der Waals surface area contributed by atoms with Gasteiger partial charge in [-0.1, -0.05) is 59.6 Å². The number of anilines is 2. The van der Waals surface area contributed by atoms with Crippen LogP contribution in [0.3, 0.4) is 0 Å². The van der Waals surface area contributed by atoms with Crippen LogP contribution in [0, 0.1) is 0 Å². The molecule has 0 aliphatic carbocycles. The molecule has 2 aromatic carbocycles. The number of rotatable bonds is 5. The van der Waals surface area contributed by atoms with E-state index < -0.39 is 23.3 Å². The summed E-state index contributed by atoms with van der Waals surface area (Å²) in [6.07, 6.45) is -4.05. The van der Waals surface area contributed by atoms with Crippen molar-refractivity contribution in [3.63, 3.8) is 0 Å². The van der Waals surface area contributed by atoms with Crippen molar-refractivity contribution >= 4 is 40.7 Å². The summed E-state index contributed by atoms with van der Waals surface area (Å²) in [6.45, 7) is 0.0646. The van der Waals surface area contributed by atoms with Crippen LogP contribution >= 0.6 is 23.2 Å². The topological polar surface area (TPSA) is 66.9 Å². The predicted molar refractivity (Wildman–Crippen MR) is 104 cm³/mol. The van der Waals surface area contributed by atoms with Gasteiger partial charge in [0.1, 0.15) is 0 Å². The Morgan fingerprint density at radius 1 is 1.03 bits per heavy atom. The molecule has 1 aromatic heterocycles. The molecule has 0 atom stereocenters. The zero-order chi connectivity index (χ0) is 21.0. The van der Waals surface area contributed by atoms with Crippen LogP contribution in [0.5, 0.6) is 0 Å². The van der Waals surface area contributed by atoms with Crippen molar-refractivity contribution < 1.29 is 18.0 Å². The van der Waals surface area contributed by atoms with Gasteiger partial charge < -0.3 is 10.6 Å². The summed E-state index contributed by atoms with van der Waals surface area (Å²) in [5.74, 6) is -1.31. The molecule has 0 aliphatic rings. The van der Waals surface area contributed by atoms with Gasteiger partial charge in [0.2, 0.25) is 5.95 Å². The summed E-state index contributed by atoms with van der Waals surface area (Å²) in [4.78, 5) is 19.6. The zero-order valence-corrected chi connectivity index (χ0v) is 16.1. The molecule has 0 bridgehead atoms. The molecule has 1 heterocycles. The third-order valence-electron chi connectivity index (χ3n) is 3.80. The highest BCUT2D eigenvalue weighted by Gasteiger charge is 2.38. The Balaban J connectivity index is 1.86. The zero-order valence-electron chi connectivity index (χ0n) is 14.6. The first-order valence-corrected chi connectivity index (χ1v) is 8.98. The highest BCUT2D eigenvalue weighted by molar-refractivity contribution is 6.43. The molecule has 0 spiro atoms. The van der Waals surface area contributed by atoms with Crippen LogP contribution < -0.4 is 10.6 Å². The highest BCUT2D eigenvalue weighted by Crippen LogP contribution is 2.33. The van der Waals surface area contributed by atoms with Crippen molar-refractivity contribution in [1.82, 2.24) is 15.3 Å². The summed E-state index contributed by atoms with van der Waals surface area (Å²) in [5, 5.41) is 5.33. The van der Waals surface area contributed by atoms with E-state index in [2.05, 4.69) is 20.6 Å². The summed E-state index contributed by atoms with van der Waals surface area (Å²) < 4.78 is 40.5. The molecule has 29 heavy (non-hydrogen) atoms. The Morgan fingerprint density at radius 3 is 2.45 bits per heavy atom. The van der Waals surface area contributed by atoms with Gasteiger partial charge in [0.05, 0.1) is 21.3 Å². The number of hydrogen-bond acceptors (Lipinski definition) is 4. The van der Waals surface area contributed by atoms with Gasteiger partial charge in [0, 0.05) is 12.7 Å². The fraction of sp³-hybridized carbons (Fsp3) is 0.105. The quantitative estimate of drug-likeness (QED) is 0.551. The normalized spacial score (nSPS) is 11.2. The first-order valence-electron chi connectivity index (χ1n) is 8.23. The Morgan fingerprint density at radius 2 is 1.76 bits per heavy atom. The lowest BCUT2D eigenvalue weighted by atomic mass is 10.2. The van der Waals surface area contributed by atoms with Crippen LogP contribution in [0.15, 0.2) is 54.7 Å².